The summed E-state index contributed by atoms with van der Waals surface area (Å²) in [4.78, 5) is 9.98. The van der Waals surface area contributed by atoms with Gasteiger partial charge in [0.2, 0.25) is 5.91 Å². The third kappa shape index (κ3) is 18.6. The fourth-order valence-electron chi connectivity index (χ4n) is 0.232. The van der Waals surface area contributed by atoms with Gasteiger partial charge < -0.3 is 10.4 Å². The average molecular weight is 135 g/mol. The van der Waals surface area contributed by atoms with Crippen LogP contribution < -0.4 is 5.32 Å². The summed E-state index contributed by atoms with van der Waals surface area (Å²) >= 11 is 0. The predicted octanol–water partition coefficient (Wildman–Crippen LogP) is 0.387. The quantitative estimate of drug-likeness (QED) is 0.575. The number of carbonyl (C=O) groups is 1. The maximum atomic E-state index is 9.98. The Morgan fingerprint density at radius 2 is 2.00 bits per heavy atom. The van der Waals surface area contributed by atoms with Gasteiger partial charge in [-0.2, -0.15) is 0 Å². The van der Waals surface area contributed by atoms with Gasteiger partial charge in [0.15, 0.2) is 0 Å². The monoisotopic (exact) mass is 135 g/mol. The van der Waals surface area contributed by atoms with Crippen molar-refractivity contribution in [2.45, 2.75) is 21.8 Å². The van der Waals surface area contributed by atoms with Gasteiger partial charge in [-0.25, -0.2) is 0 Å². The summed E-state index contributed by atoms with van der Waals surface area (Å²) in [6.45, 7) is 1.78. The topological polar surface area (TPSA) is 49.3 Å². The minimum absolute atomic E-state index is 0. The highest BCUT2D eigenvalue weighted by Gasteiger charge is 1.83. The van der Waals surface area contributed by atoms with Gasteiger partial charge in [0.1, 0.15) is 0 Å². The van der Waals surface area contributed by atoms with Gasteiger partial charge in [-0.3, -0.25) is 4.79 Å². The normalized spacial score (nSPS) is 6.44. The summed E-state index contributed by atoms with van der Waals surface area (Å²) in [5, 5.41) is 10.5. The Bertz CT molecular complexity index is 64.1. The molecule has 0 bridgehead atoms. The number of carbonyl (C=O) groups excluding carboxylic acids is 1. The summed E-state index contributed by atoms with van der Waals surface area (Å²) in [7, 11) is 0. The van der Waals surface area contributed by atoms with E-state index in [2.05, 4.69) is 5.32 Å². The zero-order valence-electron chi connectivity index (χ0n) is 4.27. The van der Waals surface area contributed by atoms with Crippen molar-refractivity contribution in [1.29, 1.82) is 0 Å². The molecule has 0 spiro atoms. The molecule has 1 amide bonds. The zero-order chi connectivity index (χ0) is 5.70. The van der Waals surface area contributed by atoms with E-state index >= 15 is 0 Å². The molecule has 0 fully saturated rings. The molecule has 0 aliphatic carbocycles. The summed E-state index contributed by atoms with van der Waals surface area (Å²) in [5.74, 6) is -0.103. The molecule has 0 rings (SSSR count). The smallest absolute Gasteiger partial charge is 0.216 e. The second kappa shape index (κ2) is 10.4. The SMILES string of the molecule is C.C.CC(=O)NCCO. The van der Waals surface area contributed by atoms with Crippen LogP contribution in [0.4, 0.5) is 0 Å². The van der Waals surface area contributed by atoms with Crippen molar-refractivity contribution in [1.82, 2.24) is 5.32 Å². The second-order valence-electron chi connectivity index (χ2n) is 1.21. The van der Waals surface area contributed by atoms with Crippen molar-refractivity contribution in [3.05, 3.63) is 0 Å². The number of rotatable bonds is 2. The summed E-state index contributed by atoms with van der Waals surface area (Å²) in [6.07, 6.45) is 0. The molecule has 3 nitrogen and oxygen atoms in total. The molecule has 0 aromatic heterocycles. The third-order valence-corrected chi connectivity index (χ3v) is 0.486. The van der Waals surface area contributed by atoms with Gasteiger partial charge in [-0.1, -0.05) is 14.9 Å². The molecule has 2 N–H and O–H groups in total. The number of amides is 1. The molecule has 0 heterocycles. The largest absolute Gasteiger partial charge is 0.395 e. The number of nitrogens with one attached hydrogen (secondary N) is 1. The highest BCUT2D eigenvalue weighted by molar-refractivity contribution is 5.72. The summed E-state index contributed by atoms with van der Waals surface area (Å²) in [5.41, 5.74) is 0. The van der Waals surface area contributed by atoms with Crippen LogP contribution in [-0.2, 0) is 4.79 Å². The Hall–Kier alpha value is -0.570. The van der Waals surface area contributed by atoms with Crippen LogP contribution in [-0.4, -0.2) is 24.2 Å². The third-order valence-electron chi connectivity index (χ3n) is 0.486. The number of hydrogen-bond acceptors (Lipinski definition) is 2. The lowest BCUT2D eigenvalue weighted by atomic mass is 10.6. The first-order valence-corrected chi connectivity index (χ1v) is 2.12. The molecule has 0 saturated carbocycles. The lowest BCUT2D eigenvalue weighted by Crippen LogP contribution is -2.22. The van der Waals surface area contributed by atoms with E-state index in [4.69, 9.17) is 5.11 Å². The molecule has 0 saturated heterocycles. The van der Waals surface area contributed by atoms with Crippen molar-refractivity contribution in [3.63, 3.8) is 0 Å². The van der Waals surface area contributed by atoms with E-state index in [1.54, 1.807) is 0 Å². The van der Waals surface area contributed by atoms with Gasteiger partial charge in [-0.15, -0.1) is 0 Å². The van der Waals surface area contributed by atoms with E-state index in [1.807, 2.05) is 0 Å². The molecule has 58 valence electrons. The van der Waals surface area contributed by atoms with Crippen molar-refractivity contribution in [2.24, 2.45) is 0 Å². The molecule has 9 heavy (non-hydrogen) atoms. The van der Waals surface area contributed by atoms with E-state index in [0.29, 0.717) is 6.54 Å². The number of aliphatic hydroxyl groups excluding tert-OH is 1. The molecular weight excluding hydrogens is 118 g/mol. The number of hydrogen-bond donors (Lipinski definition) is 2. The summed E-state index contributed by atoms with van der Waals surface area (Å²) < 4.78 is 0. The predicted molar refractivity (Wildman–Crippen MR) is 39.2 cm³/mol. The van der Waals surface area contributed by atoms with Crippen LogP contribution >= 0.6 is 0 Å². The maximum Gasteiger partial charge on any atom is 0.216 e. The molecule has 0 aliphatic rings. The van der Waals surface area contributed by atoms with Crippen molar-refractivity contribution in [2.75, 3.05) is 13.2 Å². The van der Waals surface area contributed by atoms with Crippen LogP contribution in [0, 0.1) is 0 Å². The van der Waals surface area contributed by atoms with E-state index < -0.39 is 0 Å². The van der Waals surface area contributed by atoms with Crippen LogP contribution in [0.5, 0.6) is 0 Å². The van der Waals surface area contributed by atoms with Crippen molar-refractivity contribution >= 4 is 5.91 Å². The lowest BCUT2D eigenvalue weighted by molar-refractivity contribution is -0.119. The Kier molecular flexibility index (Phi) is 18.3. The molecule has 3 heteroatoms. The van der Waals surface area contributed by atoms with E-state index in [9.17, 15) is 4.79 Å². The molecule has 0 atom stereocenters. The highest BCUT2D eigenvalue weighted by Crippen LogP contribution is 1.56. The van der Waals surface area contributed by atoms with Crippen molar-refractivity contribution < 1.29 is 9.90 Å². The Labute approximate surface area is 57.1 Å². The fourth-order valence-corrected chi connectivity index (χ4v) is 0.232. The van der Waals surface area contributed by atoms with Gasteiger partial charge in [0, 0.05) is 13.5 Å². The summed E-state index contributed by atoms with van der Waals surface area (Å²) in [6, 6.07) is 0. The van der Waals surface area contributed by atoms with Gasteiger partial charge in [0.25, 0.3) is 0 Å². The van der Waals surface area contributed by atoms with E-state index in [1.165, 1.54) is 6.92 Å². The second-order valence-corrected chi connectivity index (χ2v) is 1.21. The van der Waals surface area contributed by atoms with Crippen LogP contribution in [0.15, 0.2) is 0 Å². The first kappa shape index (κ1) is 15.8. The van der Waals surface area contributed by atoms with Gasteiger partial charge in [-0.05, 0) is 0 Å². The van der Waals surface area contributed by atoms with E-state index in [-0.39, 0.29) is 27.4 Å². The van der Waals surface area contributed by atoms with Crippen LogP contribution in [0.1, 0.15) is 21.8 Å². The molecular formula is C6H17NO2. The Balaban J connectivity index is -0.000000180. The van der Waals surface area contributed by atoms with Crippen molar-refractivity contribution in [3.8, 4) is 0 Å². The van der Waals surface area contributed by atoms with Gasteiger partial charge in [0.05, 0.1) is 6.61 Å². The highest BCUT2D eigenvalue weighted by atomic mass is 16.3. The molecule has 0 unspecified atom stereocenters. The minimum Gasteiger partial charge on any atom is -0.395 e. The standard InChI is InChI=1S/C4H9NO2.2CH4/c1-4(7)5-2-3-6;;/h6H,2-3H2,1H3,(H,5,7);2*1H4. The first-order chi connectivity index (χ1) is 3.27. The van der Waals surface area contributed by atoms with Crippen LogP contribution in [0.3, 0.4) is 0 Å². The van der Waals surface area contributed by atoms with Crippen LogP contribution in [0.2, 0.25) is 0 Å². The first-order valence-electron chi connectivity index (χ1n) is 2.12. The molecule has 0 aromatic carbocycles. The fraction of sp³-hybridized carbons (Fsp3) is 0.833. The zero-order valence-corrected chi connectivity index (χ0v) is 4.27. The minimum atomic E-state index is -0.103. The van der Waals surface area contributed by atoms with E-state index in [0.717, 1.165) is 0 Å². The average Bonchev–Trinajstić information content (AvgIpc) is 1.61. The maximum absolute atomic E-state index is 9.98. The number of aliphatic hydroxyl groups is 1. The Morgan fingerprint density at radius 1 is 1.56 bits per heavy atom. The molecule has 0 radical (unpaired) electrons. The molecule has 0 aliphatic heterocycles. The van der Waals surface area contributed by atoms with Gasteiger partial charge >= 0.3 is 0 Å². The lowest BCUT2D eigenvalue weighted by Gasteiger charge is -1.93. The van der Waals surface area contributed by atoms with Crippen LogP contribution in [0.25, 0.3) is 0 Å². The molecule has 0 aromatic rings. The Morgan fingerprint density at radius 3 is 2.11 bits per heavy atom.